The summed E-state index contributed by atoms with van der Waals surface area (Å²) in [5, 5.41) is 1.06. The molecule has 0 radical (unpaired) electrons. The molecular weight excluding hydrogens is 244 g/mol. The molecular formula is C14H14N2O3. The highest BCUT2D eigenvalue weighted by molar-refractivity contribution is 5.79. The Hall–Kier alpha value is -2.43. The zero-order chi connectivity index (χ0) is 13.7. The summed E-state index contributed by atoms with van der Waals surface area (Å²) in [6.45, 7) is -0.371. The fourth-order valence-electron chi connectivity index (χ4n) is 1.70. The average Bonchev–Trinajstić information content (AvgIpc) is 2.42. The van der Waals surface area contributed by atoms with E-state index in [1.54, 1.807) is 0 Å². The number of carbonyl (C=O) groups is 2. The first-order valence-corrected chi connectivity index (χ1v) is 5.94. The van der Waals surface area contributed by atoms with Crippen molar-refractivity contribution in [3.05, 3.63) is 42.1 Å². The van der Waals surface area contributed by atoms with Crippen LogP contribution in [0.2, 0.25) is 0 Å². The van der Waals surface area contributed by atoms with Crippen molar-refractivity contribution in [3.63, 3.8) is 0 Å². The molecule has 0 aliphatic heterocycles. The maximum Gasteiger partial charge on any atom is 0.306 e. The molecule has 1 aromatic heterocycles. The minimum Gasteiger partial charge on any atom is -0.456 e. The van der Waals surface area contributed by atoms with Crippen LogP contribution < -0.4 is 5.73 Å². The first-order chi connectivity index (χ1) is 9.15. The third-order valence-electron chi connectivity index (χ3n) is 2.62. The van der Waals surface area contributed by atoms with E-state index in [4.69, 9.17) is 5.73 Å². The third kappa shape index (κ3) is 3.77. The first-order valence-electron chi connectivity index (χ1n) is 5.94. The largest absolute Gasteiger partial charge is 0.456 e. The van der Waals surface area contributed by atoms with Crippen molar-refractivity contribution in [1.29, 1.82) is 0 Å². The molecule has 0 unspecified atom stereocenters. The number of rotatable bonds is 5. The fraction of sp³-hybridized carbons (Fsp3) is 0.214. The third-order valence-corrected chi connectivity index (χ3v) is 2.62. The van der Waals surface area contributed by atoms with Gasteiger partial charge in [-0.3, -0.25) is 14.6 Å². The molecule has 1 aromatic carbocycles. The van der Waals surface area contributed by atoms with Crippen molar-refractivity contribution in [2.75, 3.05) is 6.61 Å². The van der Waals surface area contributed by atoms with Crippen LogP contribution in [-0.4, -0.2) is 23.5 Å². The number of hydrogen-bond donors (Lipinski definition) is 1. The topological polar surface area (TPSA) is 82.3 Å². The number of nitrogens with zero attached hydrogens (tertiary/aromatic N) is 1. The van der Waals surface area contributed by atoms with Gasteiger partial charge in [0.2, 0.25) is 0 Å². The summed E-state index contributed by atoms with van der Waals surface area (Å²) in [5.41, 5.74) is 6.59. The second-order valence-corrected chi connectivity index (χ2v) is 4.12. The van der Waals surface area contributed by atoms with Gasteiger partial charge in [-0.2, -0.15) is 0 Å². The molecule has 0 aliphatic rings. The van der Waals surface area contributed by atoms with Crippen LogP contribution in [0.15, 0.2) is 36.4 Å². The Balaban J connectivity index is 1.94. The van der Waals surface area contributed by atoms with Gasteiger partial charge in [0, 0.05) is 17.5 Å². The van der Waals surface area contributed by atoms with Gasteiger partial charge in [0.25, 0.3) is 5.91 Å². The molecule has 2 aromatic rings. The number of pyridine rings is 1. The lowest BCUT2D eigenvalue weighted by atomic mass is 10.1. The minimum atomic E-state index is -0.655. The van der Waals surface area contributed by atoms with Crippen molar-refractivity contribution in [2.45, 2.75) is 12.8 Å². The maximum absolute atomic E-state index is 11.3. The summed E-state index contributed by atoms with van der Waals surface area (Å²) in [4.78, 5) is 26.2. The van der Waals surface area contributed by atoms with Gasteiger partial charge in [-0.15, -0.1) is 0 Å². The average molecular weight is 258 g/mol. The Labute approximate surface area is 110 Å². The van der Waals surface area contributed by atoms with E-state index in [0.717, 1.165) is 16.6 Å². The Morgan fingerprint density at radius 1 is 1.16 bits per heavy atom. The van der Waals surface area contributed by atoms with Crippen molar-refractivity contribution in [2.24, 2.45) is 5.73 Å². The number of nitrogens with two attached hydrogens (primary N) is 1. The number of ether oxygens (including phenoxy) is 1. The quantitative estimate of drug-likeness (QED) is 0.817. The Morgan fingerprint density at radius 3 is 2.74 bits per heavy atom. The molecule has 1 heterocycles. The standard InChI is InChI=1S/C14H14N2O3/c15-13(17)9-19-14(18)8-7-11-6-5-10-3-1-2-4-12(10)16-11/h1-6H,7-9H2,(H2,15,17). The fourth-order valence-corrected chi connectivity index (χ4v) is 1.70. The molecule has 0 atom stereocenters. The van der Waals surface area contributed by atoms with Crippen LogP contribution in [0.1, 0.15) is 12.1 Å². The maximum atomic E-state index is 11.3. The van der Waals surface area contributed by atoms with Crippen LogP contribution in [0.25, 0.3) is 10.9 Å². The second kappa shape index (κ2) is 5.95. The van der Waals surface area contributed by atoms with Crippen molar-refractivity contribution in [3.8, 4) is 0 Å². The molecule has 0 bridgehead atoms. The number of amides is 1. The molecule has 2 rings (SSSR count). The van der Waals surface area contributed by atoms with Crippen LogP contribution in [0, 0.1) is 0 Å². The van der Waals surface area contributed by atoms with Crippen LogP contribution in [-0.2, 0) is 20.7 Å². The SMILES string of the molecule is NC(=O)COC(=O)CCc1ccc2ccccc2n1. The molecule has 98 valence electrons. The van der Waals surface area contributed by atoms with E-state index >= 15 is 0 Å². The molecule has 1 amide bonds. The number of esters is 1. The monoisotopic (exact) mass is 258 g/mol. The van der Waals surface area contributed by atoms with E-state index in [9.17, 15) is 9.59 Å². The van der Waals surface area contributed by atoms with Gasteiger partial charge in [0.05, 0.1) is 11.9 Å². The number of aryl methyl sites for hydroxylation is 1. The van der Waals surface area contributed by atoms with E-state index in [2.05, 4.69) is 9.72 Å². The molecule has 0 aliphatic carbocycles. The van der Waals surface area contributed by atoms with E-state index in [1.165, 1.54) is 0 Å². The first kappa shape index (κ1) is 13.0. The molecule has 19 heavy (non-hydrogen) atoms. The number of aromatic nitrogens is 1. The van der Waals surface area contributed by atoms with Crippen LogP contribution in [0.3, 0.4) is 0 Å². The molecule has 0 spiro atoms. The number of fused-ring (bicyclic) bond motifs is 1. The highest BCUT2D eigenvalue weighted by Crippen LogP contribution is 2.12. The molecule has 0 fully saturated rings. The Bertz CT molecular complexity index is 610. The van der Waals surface area contributed by atoms with Crippen LogP contribution >= 0.6 is 0 Å². The van der Waals surface area contributed by atoms with Gasteiger partial charge in [-0.05, 0) is 12.1 Å². The summed E-state index contributed by atoms with van der Waals surface area (Å²) < 4.78 is 4.67. The predicted molar refractivity (Wildman–Crippen MR) is 70.2 cm³/mol. The molecule has 5 heteroatoms. The second-order valence-electron chi connectivity index (χ2n) is 4.12. The van der Waals surface area contributed by atoms with Gasteiger partial charge in [-0.1, -0.05) is 24.3 Å². The summed E-state index contributed by atoms with van der Waals surface area (Å²) in [7, 11) is 0. The smallest absolute Gasteiger partial charge is 0.306 e. The van der Waals surface area contributed by atoms with Gasteiger partial charge in [0.1, 0.15) is 0 Å². The zero-order valence-electron chi connectivity index (χ0n) is 10.3. The van der Waals surface area contributed by atoms with Gasteiger partial charge in [0.15, 0.2) is 6.61 Å². The Morgan fingerprint density at radius 2 is 1.95 bits per heavy atom. The summed E-state index contributed by atoms with van der Waals surface area (Å²) >= 11 is 0. The van der Waals surface area contributed by atoms with Gasteiger partial charge < -0.3 is 10.5 Å². The number of carbonyl (C=O) groups excluding carboxylic acids is 2. The van der Waals surface area contributed by atoms with Crippen molar-refractivity contribution >= 4 is 22.8 Å². The van der Waals surface area contributed by atoms with E-state index in [1.807, 2.05) is 36.4 Å². The van der Waals surface area contributed by atoms with E-state index in [-0.39, 0.29) is 13.0 Å². The van der Waals surface area contributed by atoms with Crippen molar-refractivity contribution < 1.29 is 14.3 Å². The molecule has 5 nitrogen and oxygen atoms in total. The lowest BCUT2D eigenvalue weighted by Gasteiger charge is -2.03. The van der Waals surface area contributed by atoms with Gasteiger partial charge >= 0.3 is 5.97 Å². The highest BCUT2D eigenvalue weighted by Gasteiger charge is 2.06. The van der Waals surface area contributed by atoms with Gasteiger partial charge in [-0.25, -0.2) is 0 Å². The minimum absolute atomic E-state index is 0.179. The van der Waals surface area contributed by atoms with E-state index in [0.29, 0.717) is 6.42 Å². The highest BCUT2D eigenvalue weighted by atomic mass is 16.5. The molecule has 0 saturated heterocycles. The lowest BCUT2D eigenvalue weighted by Crippen LogP contribution is -2.21. The Kier molecular flexibility index (Phi) is 4.07. The summed E-state index contributed by atoms with van der Waals surface area (Å²) in [6.07, 6.45) is 0.654. The number of benzene rings is 1. The zero-order valence-corrected chi connectivity index (χ0v) is 10.3. The number of primary amides is 1. The number of para-hydroxylation sites is 1. The van der Waals surface area contributed by atoms with Crippen molar-refractivity contribution in [1.82, 2.24) is 4.98 Å². The number of hydrogen-bond acceptors (Lipinski definition) is 4. The molecule has 2 N–H and O–H groups in total. The summed E-state index contributed by atoms with van der Waals surface area (Å²) in [6, 6.07) is 11.6. The molecule has 0 saturated carbocycles. The van der Waals surface area contributed by atoms with Crippen LogP contribution in [0.5, 0.6) is 0 Å². The summed E-state index contributed by atoms with van der Waals surface area (Å²) in [5.74, 6) is -1.11. The normalized spacial score (nSPS) is 10.3. The van der Waals surface area contributed by atoms with Crippen LogP contribution in [0.4, 0.5) is 0 Å². The predicted octanol–water partition coefficient (Wildman–Crippen LogP) is 1.20. The van der Waals surface area contributed by atoms with E-state index < -0.39 is 11.9 Å². The lowest BCUT2D eigenvalue weighted by molar-refractivity contribution is -0.147.